The van der Waals surface area contributed by atoms with Crippen LogP contribution in [-0.4, -0.2) is 17.3 Å². The van der Waals surface area contributed by atoms with Crippen LogP contribution in [0.4, 0.5) is 0 Å². The molecule has 2 aromatic carbocycles. The highest BCUT2D eigenvalue weighted by Gasteiger charge is 2.20. The van der Waals surface area contributed by atoms with Gasteiger partial charge in [-0.25, -0.2) is 0 Å². The standard InChI is InChI=1S/C18H13NO5/c1-19-12-5-3-2-4-11(12)17(20)15(18(21)22)16(19)10-6-7-13-14(8-10)24-9-23-13/h2-8H,9H2,1H3,(H,21,22)/p-1. The SMILES string of the molecule is Cn1c(-c2ccc3c(c2)OCO3)c(C(=O)[O-])c(=O)c2ccccc21. The lowest BCUT2D eigenvalue weighted by molar-refractivity contribution is -0.255. The van der Waals surface area contributed by atoms with Gasteiger partial charge in [-0.3, -0.25) is 4.79 Å². The normalized spacial score (nSPS) is 12.5. The van der Waals surface area contributed by atoms with E-state index in [1.54, 1.807) is 54.1 Å². The molecule has 1 aromatic heterocycles. The zero-order valence-corrected chi connectivity index (χ0v) is 12.7. The molecular formula is C18H12NO5-. The summed E-state index contributed by atoms with van der Waals surface area (Å²) in [5, 5.41) is 12.0. The summed E-state index contributed by atoms with van der Waals surface area (Å²) in [4.78, 5) is 24.3. The van der Waals surface area contributed by atoms with E-state index >= 15 is 0 Å². The number of aromatic carboxylic acids is 1. The minimum absolute atomic E-state index is 0.114. The van der Waals surface area contributed by atoms with Gasteiger partial charge in [-0.1, -0.05) is 12.1 Å². The highest BCUT2D eigenvalue weighted by atomic mass is 16.7. The first kappa shape index (κ1) is 14.3. The van der Waals surface area contributed by atoms with Crippen LogP contribution in [0.2, 0.25) is 0 Å². The predicted octanol–water partition coefficient (Wildman–Crippen LogP) is 1.30. The molecule has 0 N–H and O–H groups in total. The molecule has 0 radical (unpaired) electrons. The van der Waals surface area contributed by atoms with Gasteiger partial charge in [-0.15, -0.1) is 0 Å². The van der Waals surface area contributed by atoms with Gasteiger partial charge in [0.2, 0.25) is 6.79 Å². The summed E-state index contributed by atoms with van der Waals surface area (Å²) in [6.45, 7) is 0.114. The van der Waals surface area contributed by atoms with Crippen molar-refractivity contribution in [1.29, 1.82) is 0 Å². The Bertz CT molecular complexity index is 1050. The number of aromatic nitrogens is 1. The summed E-state index contributed by atoms with van der Waals surface area (Å²) in [5.41, 5.74) is 0.535. The molecule has 1 aliphatic rings. The van der Waals surface area contributed by atoms with Gasteiger partial charge < -0.3 is 23.9 Å². The first-order valence-corrected chi connectivity index (χ1v) is 7.31. The van der Waals surface area contributed by atoms with Crippen LogP contribution in [0.25, 0.3) is 22.2 Å². The van der Waals surface area contributed by atoms with Gasteiger partial charge in [0.1, 0.15) is 0 Å². The number of carbonyl (C=O) groups is 1. The summed E-state index contributed by atoms with van der Waals surface area (Å²) in [5.74, 6) is -0.411. The number of pyridine rings is 1. The van der Waals surface area contributed by atoms with Crippen molar-refractivity contribution in [2.75, 3.05) is 6.79 Å². The third kappa shape index (κ3) is 1.96. The summed E-state index contributed by atoms with van der Waals surface area (Å²) in [7, 11) is 1.72. The number of aryl methyl sites for hydroxylation is 1. The highest BCUT2D eigenvalue weighted by molar-refractivity contribution is 5.98. The predicted molar refractivity (Wildman–Crippen MR) is 85.1 cm³/mol. The van der Waals surface area contributed by atoms with Crippen molar-refractivity contribution in [2.24, 2.45) is 7.05 Å². The molecule has 6 nitrogen and oxygen atoms in total. The second-order valence-electron chi connectivity index (χ2n) is 5.48. The lowest BCUT2D eigenvalue weighted by atomic mass is 10.0. The number of fused-ring (bicyclic) bond motifs is 2. The Morgan fingerprint density at radius 2 is 1.88 bits per heavy atom. The Kier molecular flexibility index (Phi) is 3.06. The summed E-state index contributed by atoms with van der Waals surface area (Å²) in [6.07, 6.45) is 0. The van der Waals surface area contributed by atoms with E-state index < -0.39 is 11.4 Å². The van der Waals surface area contributed by atoms with Crippen LogP contribution in [0.15, 0.2) is 47.3 Å². The van der Waals surface area contributed by atoms with E-state index in [0.29, 0.717) is 28.0 Å². The van der Waals surface area contributed by atoms with Gasteiger partial charge in [0.15, 0.2) is 16.9 Å². The highest BCUT2D eigenvalue weighted by Crippen LogP contribution is 2.36. The van der Waals surface area contributed by atoms with E-state index in [1.807, 2.05) is 0 Å². The fourth-order valence-electron chi connectivity index (χ4n) is 3.06. The van der Waals surface area contributed by atoms with Crippen molar-refractivity contribution < 1.29 is 19.4 Å². The first-order valence-electron chi connectivity index (χ1n) is 7.31. The third-order valence-electron chi connectivity index (χ3n) is 4.16. The number of nitrogens with zero attached hydrogens (tertiary/aromatic N) is 1. The van der Waals surface area contributed by atoms with Gasteiger partial charge in [0, 0.05) is 18.0 Å². The molecule has 4 rings (SSSR count). The van der Waals surface area contributed by atoms with Crippen LogP contribution < -0.4 is 20.0 Å². The Balaban J connectivity index is 2.11. The molecule has 3 aromatic rings. The molecule has 24 heavy (non-hydrogen) atoms. The van der Waals surface area contributed by atoms with Crippen molar-refractivity contribution >= 4 is 16.9 Å². The molecule has 0 saturated carbocycles. The van der Waals surface area contributed by atoms with Crippen LogP contribution >= 0.6 is 0 Å². The molecule has 120 valence electrons. The fraction of sp³-hybridized carbons (Fsp3) is 0.111. The minimum Gasteiger partial charge on any atom is -0.545 e. The summed E-state index contributed by atoms with van der Waals surface area (Å²) < 4.78 is 12.3. The molecule has 6 heteroatoms. The molecular weight excluding hydrogens is 310 g/mol. The molecule has 0 aliphatic carbocycles. The molecule has 1 aliphatic heterocycles. The van der Waals surface area contributed by atoms with Gasteiger partial charge in [-0.2, -0.15) is 0 Å². The van der Waals surface area contributed by atoms with Gasteiger partial charge >= 0.3 is 0 Å². The maximum Gasteiger partial charge on any atom is 0.231 e. The smallest absolute Gasteiger partial charge is 0.231 e. The van der Waals surface area contributed by atoms with E-state index in [4.69, 9.17) is 9.47 Å². The molecule has 0 amide bonds. The molecule has 0 unspecified atom stereocenters. The molecule has 0 spiro atoms. The number of carbonyl (C=O) groups excluding carboxylic acids is 1. The van der Waals surface area contributed by atoms with Crippen molar-refractivity contribution in [3.8, 4) is 22.8 Å². The number of hydrogen-bond donors (Lipinski definition) is 0. The Labute approximate surface area is 136 Å². The number of benzene rings is 2. The summed E-state index contributed by atoms with van der Waals surface area (Å²) >= 11 is 0. The molecule has 0 bridgehead atoms. The number of para-hydroxylation sites is 1. The second-order valence-corrected chi connectivity index (χ2v) is 5.48. The number of rotatable bonds is 2. The van der Waals surface area contributed by atoms with E-state index in [-0.39, 0.29) is 18.1 Å². The average Bonchev–Trinajstić information content (AvgIpc) is 3.05. The van der Waals surface area contributed by atoms with Crippen molar-refractivity contribution in [2.45, 2.75) is 0 Å². The minimum atomic E-state index is -1.51. The lowest BCUT2D eigenvalue weighted by Crippen LogP contribution is -2.31. The van der Waals surface area contributed by atoms with Crippen LogP contribution in [0.5, 0.6) is 11.5 Å². The Morgan fingerprint density at radius 1 is 1.12 bits per heavy atom. The second kappa shape index (κ2) is 5.13. The number of carboxylic acids is 1. The van der Waals surface area contributed by atoms with E-state index in [9.17, 15) is 14.7 Å². The zero-order valence-electron chi connectivity index (χ0n) is 12.7. The van der Waals surface area contributed by atoms with Crippen LogP contribution in [-0.2, 0) is 7.05 Å². The zero-order chi connectivity index (χ0) is 16.8. The van der Waals surface area contributed by atoms with Crippen molar-refractivity contribution in [3.05, 3.63) is 58.3 Å². The third-order valence-corrected chi connectivity index (χ3v) is 4.16. The number of ether oxygens (including phenoxy) is 2. The monoisotopic (exact) mass is 322 g/mol. The van der Waals surface area contributed by atoms with Crippen LogP contribution in [0, 0.1) is 0 Å². The largest absolute Gasteiger partial charge is 0.545 e. The van der Waals surface area contributed by atoms with E-state index in [2.05, 4.69) is 0 Å². The van der Waals surface area contributed by atoms with Gasteiger partial charge in [-0.05, 0) is 30.3 Å². The maximum absolute atomic E-state index is 12.7. The van der Waals surface area contributed by atoms with Crippen LogP contribution in [0.1, 0.15) is 10.4 Å². The summed E-state index contributed by atoms with van der Waals surface area (Å²) in [6, 6.07) is 11.9. The number of carboxylic acid groups (broad SMARTS) is 1. The molecule has 0 atom stereocenters. The van der Waals surface area contributed by atoms with Crippen LogP contribution in [0.3, 0.4) is 0 Å². The topological polar surface area (TPSA) is 80.6 Å². The fourth-order valence-corrected chi connectivity index (χ4v) is 3.06. The maximum atomic E-state index is 12.7. The average molecular weight is 322 g/mol. The van der Waals surface area contributed by atoms with E-state index in [1.165, 1.54) is 0 Å². The Morgan fingerprint density at radius 3 is 2.67 bits per heavy atom. The molecule has 2 heterocycles. The van der Waals surface area contributed by atoms with E-state index in [0.717, 1.165) is 0 Å². The molecule has 0 saturated heterocycles. The molecule has 0 fully saturated rings. The quantitative estimate of drug-likeness (QED) is 0.710. The van der Waals surface area contributed by atoms with Gasteiger partial charge in [0.25, 0.3) is 0 Å². The van der Waals surface area contributed by atoms with Gasteiger partial charge in [0.05, 0.1) is 22.7 Å². The van der Waals surface area contributed by atoms with Crippen molar-refractivity contribution in [3.63, 3.8) is 0 Å². The first-order chi connectivity index (χ1) is 11.6. The Hall–Kier alpha value is -3.28. The van der Waals surface area contributed by atoms with Crippen molar-refractivity contribution in [1.82, 2.24) is 4.57 Å². The number of hydrogen-bond acceptors (Lipinski definition) is 5. The lowest BCUT2D eigenvalue weighted by Gasteiger charge is -2.18.